The Labute approximate surface area is 212 Å². The van der Waals surface area contributed by atoms with Crippen molar-refractivity contribution in [1.82, 2.24) is 15.1 Å². The standard InChI is InChI=1S/C27H49N3O5/c1-11-17(4)23(20(34-10)15-21(31)35-27(5,6)7)30(9)26(33)22(16(2)3)28-25(32)24-18-12-13-19(14-18)29(24)8/h16-20,22-24H,11-15H2,1-10H3,(H,28,32)/t17?,18-,19+,20?,22?,23?,24-/m0/s1. The number of nitrogens with one attached hydrogen (secondary N) is 1. The normalized spacial score (nSPS) is 25.7. The van der Waals surface area contributed by atoms with Crippen LogP contribution in [0.15, 0.2) is 0 Å². The Hall–Kier alpha value is -1.67. The Balaban J connectivity index is 2.19. The maximum atomic E-state index is 13.8. The Morgan fingerprint density at radius 3 is 2.23 bits per heavy atom. The van der Waals surface area contributed by atoms with Gasteiger partial charge >= 0.3 is 5.97 Å². The van der Waals surface area contributed by atoms with E-state index >= 15 is 0 Å². The first-order chi connectivity index (χ1) is 16.2. The number of methoxy groups -OCH3 is 1. The Kier molecular flexibility index (Phi) is 10.2. The van der Waals surface area contributed by atoms with Gasteiger partial charge in [-0.25, -0.2) is 0 Å². The average molecular weight is 496 g/mol. The van der Waals surface area contributed by atoms with Gasteiger partial charge in [-0.3, -0.25) is 19.3 Å². The van der Waals surface area contributed by atoms with E-state index in [4.69, 9.17) is 9.47 Å². The van der Waals surface area contributed by atoms with E-state index in [2.05, 4.69) is 24.1 Å². The van der Waals surface area contributed by atoms with E-state index in [1.54, 1.807) is 19.1 Å². The second-order valence-electron chi connectivity index (χ2n) is 12.0. The molecule has 0 aromatic carbocycles. The fourth-order valence-electron chi connectivity index (χ4n) is 5.86. The molecule has 2 aliphatic rings. The zero-order valence-corrected chi connectivity index (χ0v) is 23.6. The molecular formula is C27H49N3O5. The topological polar surface area (TPSA) is 88.2 Å². The molecule has 0 aromatic heterocycles. The molecule has 8 heteroatoms. The van der Waals surface area contributed by atoms with Crippen LogP contribution in [0.2, 0.25) is 0 Å². The molecule has 0 spiro atoms. The second kappa shape index (κ2) is 12.0. The van der Waals surface area contributed by atoms with E-state index in [1.807, 2.05) is 41.7 Å². The molecule has 2 rings (SSSR count). The summed E-state index contributed by atoms with van der Waals surface area (Å²) >= 11 is 0. The van der Waals surface area contributed by atoms with Gasteiger partial charge in [0.2, 0.25) is 11.8 Å². The molecule has 1 aliphatic carbocycles. The number of piperidine rings is 1. The van der Waals surface area contributed by atoms with Crippen molar-refractivity contribution in [3.05, 3.63) is 0 Å². The van der Waals surface area contributed by atoms with Gasteiger partial charge in [0.1, 0.15) is 11.6 Å². The molecule has 1 saturated heterocycles. The second-order valence-corrected chi connectivity index (χ2v) is 12.0. The summed E-state index contributed by atoms with van der Waals surface area (Å²) in [4.78, 5) is 43.6. The molecule has 35 heavy (non-hydrogen) atoms. The summed E-state index contributed by atoms with van der Waals surface area (Å²) in [7, 11) is 5.34. The number of likely N-dealkylation sites (tertiary alicyclic amines) is 1. The lowest BCUT2D eigenvalue weighted by atomic mass is 9.89. The Morgan fingerprint density at radius 2 is 1.77 bits per heavy atom. The molecule has 8 nitrogen and oxygen atoms in total. The third-order valence-electron chi connectivity index (χ3n) is 7.90. The fraction of sp³-hybridized carbons (Fsp3) is 0.889. The van der Waals surface area contributed by atoms with Gasteiger partial charge in [0.25, 0.3) is 0 Å². The van der Waals surface area contributed by atoms with Crippen LogP contribution in [0.3, 0.4) is 0 Å². The number of hydrogen-bond acceptors (Lipinski definition) is 6. The lowest BCUT2D eigenvalue weighted by molar-refractivity contribution is -0.161. The number of ether oxygens (including phenoxy) is 2. The summed E-state index contributed by atoms with van der Waals surface area (Å²) in [6.45, 7) is 13.5. The number of likely N-dealkylation sites (N-methyl/N-ethyl adjacent to an activating group) is 2. The lowest BCUT2D eigenvalue weighted by Crippen LogP contribution is -2.59. The van der Waals surface area contributed by atoms with Gasteiger partial charge in [0, 0.05) is 20.2 Å². The van der Waals surface area contributed by atoms with E-state index in [0.29, 0.717) is 12.0 Å². The van der Waals surface area contributed by atoms with Crippen molar-refractivity contribution in [2.75, 3.05) is 21.2 Å². The smallest absolute Gasteiger partial charge is 0.309 e. The van der Waals surface area contributed by atoms with E-state index in [0.717, 1.165) is 25.7 Å². The maximum Gasteiger partial charge on any atom is 0.309 e. The molecular weight excluding hydrogens is 446 g/mol. The largest absolute Gasteiger partial charge is 0.460 e. The predicted molar refractivity (Wildman–Crippen MR) is 137 cm³/mol. The van der Waals surface area contributed by atoms with Gasteiger partial charge in [-0.2, -0.15) is 0 Å². The first-order valence-electron chi connectivity index (χ1n) is 13.2. The van der Waals surface area contributed by atoms with Crippen molar-refractivity contribution in [2.45, 2.75) is 116 Å². The highest BCUT2D eigenvalue weighted by Gasteiger charge is 2.48. The molecule has 2 amide bonds. The van der Waals surface area contributed by atoms with Crippen molar-refractivity contribution in [1.29, 1.82) is 0 Å². The van der Waals surface area contributed by atoms with E-state index in [9.17, 15) is 14.4 Å². The number of nitrogens with zero attached hydrogens (tertiary/aromatic N) is 2. The molecule has 2 fully saturated rings. The predicted octanol–water partition coefficient (Wildman–Crippen LogP) is 3.23. The third-order valence-corrected chi connectivity index (χ3v) is 7.90. The minimum atomic E-state index is -0.648. The first kappa shape index (κ1) is 29.6. The summed E-state index contributed by atoms with van der Waals surface area (Å²) < 4.78 is 11.3. The zero-order chi connectivity index (χ0) is 26.7. The number of amides is 2. The summed E-state index contributed by atoms with van der Waals surface area (Å²) in [5.74, 6) is -0.205. The molecule has 0 aromatic rings. The molecule has 7 atom stereocenters. The molecule has 1 heterocycles. The van der Waals surface area contributed by atoms with Gasteiger partial charge in [0.15, 0.2) is 0 Å². The molecule has 4 unspecified atom stereocenters. The van der Waals surface area contributed by atoms with Crippen molar-refractivity contribution in [3.8, 4) is 0 Å². The van der Waals surface area contributed by atoms with E-state index in [-0.39, 0.29) is 48.1 Å². The van der Waals surface area contributed by atoms with Gasteiger partial charge < -0.3 is 19.7 Å². The van der Waals surface area contributed by atoms with Crippen LogP contribution in [0.4, 0.5) is 0 Å². The number of carbonyl (C=O) groups is 3. The molecule has 1 aliphatic heterocycles. The minimum absolute atomic E-state index is 0.0506. The van der Waals surface area contributed by atoms with Gasteiger partial charge in [-0.05, 0) is 64.8 Å². The van der Waals surface area contributed by atoms with Crippen molar-refractivity contribution >= 4 is 17.8 Å². The van der Waals surface area contributed by atoms with Crippen LogP contribution in [-0.4, -0.2) is 84.7 Å². The monoisotopic (exact) mass is 495 g/mol. The Morgan fingerprint density at radius 1 is 1.14 bits per heavy atom. The highest BCUT2D eigenvalue weighted by atomic mass is 16.6. The third kappa shape index (κ3) is 7.19. The van der Waals surface area contributed by atoms with Crippen LogP contribution >= 0.6 is 0 Å². The minimum Gasteiger partial charge on any atom is -0.460 e. The van der Waals surface area contributed by atoms with E-state index < -0.39 is 17.7 Å². The fourth-order valence-corrected chi connectivity index (χ4v) is 5.86. The SMILES string of the molecule is CCC(C)C(C(CC(=O)OC(C)(C)C)OC)N(C)C(=O)C(NC(=O)[C@@H]1[C@H]2CC[C@H](C2)N1C)C(C)C. The quantitative estimate of drug-likeness (QED) is 0.443. The molecule has 1 saturated carbocycles. The zero-order valence-electron chi connectivity index (χ0n) is 23.6. The number of esters is 1. The van der Waals surface area contributed by atoms with Crippen molar-refractivity contribution < 1.29 is 23.9 Å². The van der Waals surface area contributed by atoms with Crippen molar-refractivity contribution in [2.24, 2.45) is 17.8 Å². The maximum absolute atomic E-state index is 13.8. The summed E-state index contributed by atoms with van der Waals surface area (Å²) in [5, 5.41) is 3.09. The highest BCUT2D eigenvalue weighted by Crippen LogP contribution is 2.41. The molecule has 1 N–H and O–H groups in total. The molecule has 0 radical (unpaired) electrons. The van der Waals surface area contributed by atoms with Crippen LogP contribution in [0, 0.1) is 17.8 Å². The molecule has 202 valence electrons. The van der Waals surface area contributed by atoms with Crippen LogP contribution in [0.25, 0.3) is 0 Å². The number of hydrogen-bond donors (Lipinski definition) is 1. The Bertz CT molecular complexity index is 748. The van der Waals surface area contributed by atoms with Crippen LogP contribution < -0.4 is 5.32 Å². The summed E-state index contributed by atoms with van der Waals surface area (Å²) in [6.07, 6.45) is 3.62. The highest BCUT2D eigenvalue weighted by molar-refractivity contribution is 5.90. The van der Waals surface area contributed by atoms with Crippen LogP contribution in [-0.2, 0) is 23.9 Å². The van der Waals surface area contributed by atoms with Crippen molar-refractivity contribution in [3.63, 3.8) is 0 Å². The van der Waals surface area contributed by atoms with Gasteiger partial charge in [-0.1, -0.05) is 34.1 Å². The lowest BCUT2D eigenvalue weighted by Gasteiger charge is -2.40. The number of carbonyl (C=O) groups excluding carboxylic acids is 3. The first-order valence-corrected chi connectivity index (χ1v) is 13.2. The average Bonchev–Trinajstić information content (AvgIpc) is 3.35. The number of rotatable bonds is 11. The van der Waals surface area contributed by atoms with Crippen LogP contribution in [0.5, 0.6) is 0 Å². The van der Waals surface area contributed by atoms with Gasteiger partial charge in [-0.15, -0.1) is 0 Å². The van der Waals surface area contributed by atoms with Crippen LogP contribution in [0.1, 0.15) is 80.6 Å². The summed E-state index contributed by atoms with van der Waals surface area (Å²) in [5.41, 5.74) is -0.594. The summed E-state index contributed by atoms with van der Waals surface area (Å²) in [6, 6.07) is -0.687. The van der Waals surface area contributed by atoms with Gasteiger partial charge in [0.05, 0.1) is 24.6 Å². The number of fused-ring (bicyclic) bond motifs is 2. The molecule has 2 bridgehead atoms. The van der Waals surface area contributed by atoms with E-state index in [1.165, 1.54) is 0 Å².